The van der Waals surface area contributed by atoms with Crippen molar-refractivity contribution >= 4 is 11.8 Å². The van der Waals surface area contributed by atoms with Crippen molar-refractivity contribution in [3.05, 3.63) is 35.9 Å². The maximum absolute atomic E-state index is 12.1. The van der Waals surface area contributed by atoms with Crippen LogP contribution < -0.4 is 10.6 Å². The summed E-state index contributed by atoms with van der Waals surface area (Å²) in [7, 11) is 0. The van der Waals surface area contributed by atoms with Crippen LogP contribution in [-0.2, 0) is 9.53 Å². The molecule has 2 aliphatic rings. The molecule has 0 aliphatic carbocycles. The smallest absolute Gasteiger partial charge is 0.251 e. The molecule has 0 spiro atoms. The van der Waals surface area contributed by atoms with E-state index in [1.165, 1.54) is 0 Å². The average molecular weight is 361 g/mol. The van der Waals surface area contributed by atoms with E-state index >= 15 is 0 Å². The Bertz CT molecular complexity index is 616. The molecule has 0 aromatic heterocycles. The SMILES string of the molecule is CC(=O)N1CCC(NC2COC(CNC(=O)c3ccccc3)C2O)CC1. The maximum atomic E-state index is 12.1. The first-order chi connectivity index (χ1) is 12.5. The van der Waals surface area contributed by atoms with Gasteiger partial charge in [-0.15, -0.1) is 0 Å². The number of benzene rings is 1. The van der Waals surface area contributed by atoms with Gasteiger partial charge in [0.25, 0.3) is 5.91 Å². The Labute approximate surface area is 153 Å². The molecule has 0 bridgehead atoms. The Morgan fingerprint density at radius 3 is 2.58 bits per heavy atom. The second-order valence-corrected chi connectivity index (χ2v) is 6.99. The lowest BCUT2D eigenvalue weighted by Gasteiger charge is -2.33. The molecule has 1 aromatic carbocycles. The minimum Gasteiger partial charge on any atom is -0.389 e. The van der Waals surface area contributed by atoms with Crippen LogP contribution in [-0.4, -0.2) is 72.4 Å². The number of hydrogen-bond donors (Lipinski definition) is 3. The third-order valence-corrected chi connectivity index (χ3v) is 5.17. The lowest BCUT2D eigenvalue weighted by atomic mass is 10.0. The van der Waals surface area contributed by atoms with Gasteiger partial charge in [-0.1, -0.05) is 18.2 Å². The van der Waals surface area contributed by atoms with Gasteiger partial charge in [-0.3, -0.25) is 9.59 Å². The summed E-state index contributed by atoms with van der Waals surface area (Å²) in [6.45, 7) is 3.77. The highest BCUT2D eigenvalue weighted by Crippen LogP contribution is 2.18. The fourth-order valence-corrected chi connectivity index (χ4v) is 3.56. The topological polar surface area (TPSA) is 90.9 Å². The van der Waals surface area contributed by atoms with Crippen molar-refractivity contribution < 1.29 is 19.4 Å². The van der Waals surface area contributed by atoms with Crippen molar-refractivity contribution in [3.8, 4) is 0 Å². The number of nitrogens with one attached hydrogen (secondary N) is 2. The number of carbonyl (C=O) groups is 2. The maximum Gasteiger partial charge on any atom is 0.251 e. The third kappa shape index (κ3) is 4.60. The molecule has 2 amide bonds. The Balaban J connectivity index is 1.43. The Morgan fingerprint density at radius 2 is 1.92 bits per heavy atom. The molecule has 7 heteroatoms. The summed E-state index contributed by atoms with van der Waals surface area (Å²) in [6, 6.07) is 9.10. The van der Waals surface area contributed by atoms with Gasteiger partial charge in [0, 0.05) is 38.2 Å². The zero-order valence-corrected chi connectivity index (χ0v) is 15.1. The highest BCUT2D eigenvalue weighted by molar-refractivity contribution is 5.94. The molecule has 142 valence electrons. The van der Waals surface area contributed by atoms with Crippen LogP contribution in [0.1, 0.15) is 30.1 Å². The van der Waals surface area contributed by atoms with Crippen LogP contribution in [0, 0.1) is 0 Å². The normalized spacial score (nSPS) is 26.7. The second-order valence-electron chi connectivity index (χ2n) is 6.99. The van der Waals surface area contributed by atoms with Gasteiger partial charge in [0.15, 0.2) is 0 Å². The lowest BCUT2D eigenvalue weighted by molar-refractivity contribution is -0.129. The lowest BCUT2D eigenvalue weighted by Crippen LogP contribution is -2.51. The molecule has 2 heterocycles. The van der Waals surface area contributed by atoms with Crippen molar-refractivity contribution in [1.29, 1.82) is 0 Å². The first kappa shape index (κ1) is 18.8. The third-order valence-electron chi connectivity index (χ3n) is 5.17. The predicted octanol–water partition coefficient (Wildman–Crippen LogP) is 0.145. The highest BCUT2D eigenvalue weighted by Gasteiger charge is 2.37. The molecule has 0 radical (unpaired) electrons. The highest BCUT2D eigenvalue weighted by atomic mass is 16.5. The van der Waals surface area contributed by atoms with E-state index in [9.17, 15) is 14.7 Å². The summed E-state index contributed by atoms with van der Waals surface area (Å²) in [4.78, 5) is 25.3. The van der Waals surface area contributed by atoms with Gasteiger partial charge >= 0.3 is 0 Å². The fraction of sp³-hybridized carbons (Fsp3) is 0.579. The van der Waals surface area contributed by atoms with E-state index in [2.05, 4.69) is 10.6 Å². The number of amides is 2. The van der Waals surface area contributed by atoms with E-state index in [-0.39, 0.29) is 30.4 Å². The summed E-state index contributed by atoms with van der Waals surface area (Å²) in [5, 5.41) is 16.8. The van der Waals surface area contributed by atoms with Crippen LogP contribution in [0.25, 0.3) is 0 Å². The number of piperidine rings is 1. The van der Waals surface area contributed by atoms with Gasteiger partial charge in [0.2, 0.25) is 5.91 Å². The molecule has 0 saturated carbocycles. The van der Waals surface area contributed by atoms with Crippen molar-refractivity contribution in [3.63, 3.8) is 0 Å². The number of nitrogens with zero attached hydrogens (tertiary/aromatic N) is 1. The number of carbonyl (C=O) groups excluding carboxylic acids is 2. The van der Waals surface area contributed by atoms with Crippen LogP contribution in [0.3, 0.4) is 0 Å². The summed E-state index contributed by atoms with van der Waals surface area (Å²) in [6.07, 6.45) is 0.658. The van der Waals surface area contributed by atoms with E-state index in [1.54, 1.807) is 19.1 Å². The van der Waals surface area contributed by atoms with E-state index in [0.29, 0.717) is 12.2 Å². The molecule has 2 fully saturated rings. The minimum atomic E-state index is -0.670. The molecule has 2 saturated heterocycles. The number of hydrogen-bond acceptors (Lipinski definition) is 5. The van der Waals surface area contributed by atoms with Crippen LogP contribution in [0.2, 0.25) is 0 Å². The standard InChI is InChI=1S/C19H27N3O4/c1-13(23)22-9-7-15(8-10-22)21-16-12-26-17(18(16)24)11-20-19(25)14-5-3-2-4-6-14/h2-6,15-18,21,24H,7-12H2,1H3,(H,20,25). The van der Waals surface area contributed by atoms with Crippen molar-refractivity contribution in [2.24, 2.45) is 0 Å². The summed E-state index contributed by atoms with van der Waals surface area (Å²) < 4.78 is 5.67. The number of aliphatic hydroxyl groups is 1. The molecule has 3 unspecified atom stereocenters. The number of ether oxygens (including phenoxy) is 1. The zero-order valence-electron chi connectivity index (χ0n) is 15.1. The quantitative estimate of drug-likeness (QED) is 0.694. The van der Waals surface area contributed by atoms with Crippen molar-refractivity contribution in [2.45, 2.75) is 44.1 Å². The Kier molecular flexibility index (Phi) is 6.24. The summed E-state index contributed by atoms with van der Waals surface area (Å²) in [5.41, 5.74) is 0.590. The molecule has 1 aromatic rings. The molecule has 3 atom stereocenters. The molecule has 3 N–H and O–H groups in total. The fourth-order valence-electron chi connectivity index (χ4n) is 3.56. The number of likely N-dealkylation sites (tertiary alicyclic amines) is 1. The Hall–Kier alpha value is -1.96. The van der Waals surface area contributed by atoms with Crippen LogP contribution in [0.4, 0.5) is 0 Å². The van der Waals surface area contributed by atoms with Gasteiger partial charge in [0.05, 0.1) is 18.8 Å². The van der Waals surface area contributed by atoms with Gasteiger partial charge in [-0.25, -0.2) is 0 Å². The monoisotopic (exact) mass is 361 g/mol. The minimum absolute atomic E-state index is 0.113. The van der Waals surface area contributed by atoms with Crippen molar-refractivity contribution in [2.75, 3.05) is 26.2 Å². The first-order valence-electron chi connectivity index (χ1n) is 9.19. The largest absolute Gasteiger partial charge is 0.389 e. The van der Waals surface area contributed by atoms with Crippen LogP contribution in [0.15, 0.2) is 30.3 Å². The average Bonchev–Trinajstić information content (AvgIpc) is 3.00. The van der Waals surface area contributed by atoms with Gasteiger partial charge in [0.1, 0.15) is 6.10 Å². The summed E-state index contributed by atoms with van der Waals surface area (Å²) in [5.74, 6) is -0.0590. The van der Waals surface area contributed by atoms with E-state index < -0.39 is 12.2 Å². The number of rotatable bonds is 5. The molecular weight excluding hydrogens is 334 g/mol. The van der Waals surface area contributed by atoms with E-state index in [0.717, 1.165) is 25.9 Å². The number of aliphatic hydroxyl groups excluding tert-OH is 1. The predicted molar refractivity (Wildman–Crippen MR) is 96.7 cm³/mol. The summed E-state index contributed by atoms with van der Waals surface area (Å²) >= 11 is 0. The van der Waals surface area contributed by atoms with Crippen LogP contribution >= 0.6 is 0 Å². The van der Waals surface area contributed by atoms with Gasteiger partial charge in [-0.2, -0.15) is 0 Å². The van der Waals surface area contributed by atoms with E-state index in [1.807, 2.05) is 23.1 Å². The Morgan fingerprint density at radius 1 is 1.23 bits per heavy atom. The molecule has 3 rings (SSSR count). The zero-order chi connectivity index (χ0) is 18.5. The van der Waals surface area contributed by atoms with Crippen molar-refractivity contribution in [1.82, 2.24) is 15.5 Å². The van der Waals surface area contributed by atoms with E-state index in [4.69, 9.17) is 4.74 Å². The second kappa shape index (κ2) is 8.62. The molecule has 2 aliphatic heterocycles. The van der Waals surface area contributed by atoms with Gasteiger partial charge < -0.3 is 25.4 Å². The van der Waals surface area contributed by atoms with Crippen LogP contribution in [0.5, 0.6) is 0 Å². The molecular formula is C19H27N3O4. The first-order valence-corrected chi connectivity index (χ1v) is 9.19. The molecule has 7 nitrogen and oxygen atoms in total. The van der Waals surface area contributed by atoms with Gasteiger partial charge in [-0.05, 0) is 25.0 Å². The molecule has 26 heavy (non-hydrogen) atoms.